The Bertz CT molecular complexity index is 1050. The van der Waals surface area contributed by atoms with Crippen molar-refractivity contribution in [3.63, 3.8) is 0 Å². The Morgan fingerprint density at radius 1 is 1.06 bits per heavy atom. The number of carbonyl (C=O) groups excluding carboxylic acids is 1. The van der Waals surface area contributed by atoms with Crippen molar-refractivity contribution in [1.82, 2.24) is 0 Å². The molecule has 1 unspecified atom stereocenters. The third-order valence-corrected chi connectivity index (χ3v) is 6.35. The maximum absolute atomic E-state index is 13.5. The van der Waals surface area contributed by atoms with Crippen LogP contribution in [0.4, 0.5) is 5.69 Å². The maximum atomic E-state index is 13.5. The molecule has 0 aromatic heterocycles. The zero-order chi connectivity index (χ0) is 22.4. The second-order valence-electron chi connectivity index (χ2n) is 7.16. The Morgan fingerprint density at radius 2 is 1.77 bits per heavy atom. The zero-order valence-electron chi connectivity index (χ0n) is 17.9. The average molecular weight is 446 g/mol. The van der Waals surface area contributed by atoms with E-state index in [0.717, 1.165) is 18.2 Å². The molecule has 1 atom stereocenters. The molecule has 8 heteroatoms. The summed E-state index contributed by atoms with van der Waals surface area (Å²) in [5.41, 5.74) is 0.877. The Hall–Kier alpha value is -3.00. The molecule has 2 aromatic rings. The maximum Gasteiger partial charge on any atom is 0.258 e. The van der Waals surface area contributed by atoms with Gasteiger partial charge in [-0.05, 0) is 48.9 Å². The smallest absolute Gasteiger partial charge is 0.258 e. The van der Waals surface area contributed by atoms with E-state index in [1.165, 1.54) is 25.2 Å². The molecule has 3 rings (SSSR count). The summed E-state index contributed by atoms with van der Waals surface area (Å²) in [6.45, 7) is 2.70. The number of ether oxygens (including phenoxy) is 3. The molecule has 0 radical (unpaired) electrons. The van der Waals surface area contributed by atoms with Crippen LogP contribution in [0.15, 0.2) is 53.9 Å². The monoisotopic (exact) mass is 445 g/mol. The molecule has 0 spiro atoms. The van der Waals surface area contributed by atoms with Gasteiger partial charge in [-0.1, -0.05) is 13.3 Å². The van der Waals surface area contributed by atoms with Gasteiger partial charge in [-0.3, -0.25) is 9.69 Å². The lowest BCUT2D eigenvalue weighted by Gasteiger charge is -2.29. The summed E-state index contributed by atoms with van der Waals surface area (Å²) in [6, 6.07) is 11.3. The van der Waals surface area contributed by atoms with Crippen LogP contribution in [0.25, 0.3) is 0 Å². The summed E-state index contributed by atoms with van der Waals surface area (Å²) >= 11 is 0. The molecular weight excluding hydrogens is 418 g/mol. The molecule has 1 aliphatic heterocycles. The van der Waals surface area contributed by atoms with Crippen LogP contribution in [0.1, 0.15) is 30.1 Å². The molecule has 0 N–H and O–H groups in total. The topological polar surface area (TPSA) is 82.1 Å². The number of hydrogen-bond acceptors (Lipinski definition) is 6. The van der Waals surface area contributed by atoms with Crippen molar-refractivity contribution in [2.45, 2.75) is 25.8 Å². The number of carbonyl (C=O) groups is 1. The molecule has 1 heterocycles. The highest BCUT2D eigenvalue weighted by molar-refractivity contribution is 7.94. The molecule has 166 valence electrons. The van der Waals surface area contributed by atoms with Crippen LogP contribution in [0, 0.1) is 0 Å². The minimum atomic E-state index is -3.38. The van der Waals surface area contributed by atoms with Crippen molar-refractivity contribution in [2.75, 3.05) is 31.5 Å². The Labute approximate surface area is 183 Å². The summed E-state index contributed by atoms with van der Waals surface area (Å²) in [7, 11) is -0.350. The number of amides is 1. The van der Waals surface area contributed by atoms with Crippen molar-refractivity contribution in [1.29, 1.82) is 0 Å². The van der Waals surface area contributed by atoms with Crippen molar-refractivity contribution in [3.8, 4) is 17.2 Å². The van der Waals surface area contributed by atoms with Crippen LogP contribution in [-0.2, 0) is 9.84 Å². The molecule has 0 aliphatic carbocycles. The highest BCUT2D eigenvalue weighted by Gasteiger charge is 2.33. The predicted molar refractivity (Wildman–Crippen MR) is 120 cm³/mol. The molecule has 7 nitrogen and oxygen atoms in total. The highest BCUT2D eigenvalue weighted by Crippen LogP contribution is 2.36. The van der Waals surface area contributed by atoms with Gasteiger partial charge < -0.3 is 14.2 Å². The first-order valence-electron chi connectivity index (χ1n) is 10.1. The van der Waals surface area contributed by atoms with Gasteiger partial charge in [-0.15, -0.1) is 0 Å². The van der Waals surface area contributed by atoms with E-state index in [0.29, 0.717) is 35.1 Å². The van der Waals surface area contributed by atoms with E-state index in [1.54, 1.807) is 42.5 Å². The predicted octanol–water partition coefficient (Wildman–Crippen LogP) is 3.84. The molecule has 1 aliphatic rings. The standard InChI is InChI=1S/C23H27NO6S/c1-4-5-13-30-19-8-6-17(7-9-19)23(25)24(18-12-14-31(26,27)16-18)21-11-10-20(28-2)15-22(21)29-3/h6-12,14-15,18H,4-5,13,16H2,1-3H3. The summed E-state index contributed by atoms with van der Waals surface area (Å²) < 4.78 is 40.5. The van der Waals surface area contributed by atoms with Crippen LogP contribution in [0.2, 0.25) is 0 Å². The number of unbranched alkanes of at least 4 members (excludes halogenated alkanes) is 1. The molecule has 1 amide bonds. The molecule has 31 heavy (non-hydrogen) atoms. The Morgan fingerprint density at radius 3 is 2.35 bits per heavy atom. The summed E-state index contributed by atoms with van der Waals surface area (Å²) in [5, 5.41) is 1.15. The average Bonchev–Trinajstić information content (AvgIpc) is 3.13. The number of nitrogens with zero attached hydrogens (tertiary/aromatic N) is 1. The molecule has 0 saturated heterocycles. The van der Waals surface area contributed by atoms with Gasteiger partial charge in [0.15, 0.2) is 9.84 Å². The van der Waals surface area contributed by atoms with Crippen molar-refractivity contribution in [2.24, 2.45) is 0 Å². The lowest BCUT2D eigenvalue weighted by molar-refractivity contribution is 0.0982. The minimum Gasteiger partial charge on any atom is -0.497 e. The molecule has 2 aromatic carbocycles. The first kappa shape index (κ1) is 22.7. The van der Waals surface area contributed by atoms with E-state index in [-0.39, 0.29) is 11.7 Å². The number of anilines is 1. The lowest BCUT2D eigenvalue weighted by atomic mass is 10.1. The zero-order valence-corrected chi connectivity index (χ0v) is 18.7. The van der Waals surface area contributed by atoms with Crippen LogP contribution < -0.4 is 19.1 Å². The molecular formula is C23H27NO6S. The van der Waals surface area contributed by atoms with Crippen LogP contribution in [0.3, 0.4) is 0 Å². The van der Waals surface area contributed by atoms with Gasteiger partial charge in [-0.25, -0.2) is 8.42 Å². The van der Waals surface area contributed by atoms with E-state index >= 15 is 0 Å². The number of sulfone groups is 1. The summed E-state index contributed by atoms with van der Waals surface area (Å²) in [4.78, 5) is 15.0. The van der Waals surface area contributed by atoms with Crippen molar-refractivity contribution >= 4 is 21.4 Å². The fraction of sp³-hybridized carbons (Fsp3) is 0.348. The quantitative estimate of drug-likeness (QED) is 0.546. The third kappa shape index (κ3) is 5.38. The second kappa shape index (κ2) is 9.87. The first-order chi connectivity index (χ1) is 14.9. The number of methoxy groups -OCH3 is 2. The Balaban J connectivity index is 1.95. The SMILES string of the molecule is CCCCOc1ccc(C(=O)N(c2ccc(OC)cc2OC)C2C=CS(=O)(=O)C2)cc1. The first-order valence-corrected chi connectivity index (χ1v) is 11.8. The molecule has 0 bridgehead atoms. The number of rotatable bonds is 9. The number of benzene rings is 2. The number of hydrogen-bond donors (Lipinski definition) is 0. The van der Waals surface area contributed by atoms with Gasteiger partial charge in [0.25, 0.3) is 5.91 Å². The third-order valence-electron chi connectivity index (χ3n) is 4.98. The summed E-state index contributed by atoms with van der Waals surface area (Å²) in [5.74, 6) is 1.13. The fourth-order valence-corrected chi connectivity index (χ4v) is 4.58. The van der Waals surface area contributed by atoms with E-state index in [2.05, 4.69) is 6.92 Å². The van der Waals surface area contributed by atoms with Gasteiger partial charge in [-0.2, -0.15) is 0 Å². The van der Waals surface area contributed by atoms with Gasteiger partial charge >= 0.3 is 0 Å². The molecule has 0 saturated carbocycles. The van der Waals surface area contributed by atoms with Crippen LogP contribution in [-0.4, -0.2) is 46.9 Å². The Kier molecular flexibility index (Phi) is 7.22. The largest absolute Gasteiger partial charge is 0.497 e. The summed E-state index contributed by atoms with van der Waals surface area (Å²) in [6.07, 6.45) is 3.51. The van der Waals surface area contributed by atoms with Gasteiger partial charge in [0.1, 0.15) is 17.2 Å². The van der Waals surface area contributed by atoms with E-state index < -0.39 is 15.9 Å². The van der Waals surface area contributed by atoms with Gasteiger partial charge in [0.2, 0.25) is 0 Å². The van der Waals surface area contributed by atoms with E-state index in [4.69, 9.17) is 14.2 Å². The highest BCUT2D eigenvalue weighted by atomic mass is 32.2. The van der Waals surface area contributed by atoms with Crippen LogP contribution >= 0.6 is 0 Å². The molecule has 0 fully saturated rings. The van der Waals surface area contributed by atoms with Crippen molar-refractivity contribution in [3.05, 3.63) is 59.5 Å². The lowest BCUT2D eigenvalue weighted by Crippen LogP contribution is -2.41. The van der Waals surface area contributed by atoms with Gasteiger partial charge in [0, 0.05) is 17.0 Å². The van der Waals surface area contributed by atoms with Crippen molar-refractivity contribution < 1.29 is 27.4 Å². The van der Waals surface area contributed by atoms with E-state index in [1.807, 2.05) is 0 Å². The van der Waals surface area contributed by atoms with Crippen LogP contribution in [0.5, 0.6) is 17.2 Å². The fourth-order valence-electron chi connectivity index (χ4n) is 3.31. The van der Waals surface area contributed by atoms with E-state index in [9.17, 15) is 13.2 Å². The van der Waals surface area contributed by atoms with Gasteiger partial charge in [0.05, 0.1) is 38.3 Å². The second-order valence-corrected chi connectivity index (χ2v) is 9.10. The minimum absolute atomic E-state index is 0.188. The normalized spacial score (nSPS) is 16.7.